The topological polar surface area (TPSA) is 66.4 Å². The van der Waals surface area contributed by atoms with Gasteiger partial charge in [-0.1, -0.05) is 43.5 Å². The Morgan fingerprint density at radius 2 is 1.86 bits per heavy atom. The van der Waals surface area contributed by atoms with Gasteiger partial charge in [0.05, 0.1) is 5.41 Å². The van der Waals surface area contributed by atoms with E-state index in [4.69, 9.17) is 16.7 Å². The van der Waals surface area contributed by atoms with Crippen LogP contribution in [0.1, 0.15) is 44.6 Å². The van der Waals surface area contributed by atoms with E-state index in [0.29, 0.717) is 11.4 Å². The minimum Gasteiger partial charge on any atom is -0.480 e. The molecular formula is C16H20ClNO3. The lowest BCUT2D eigenvalue weighted by Crippen LogP contribution is -2.49. The summed E-state index contributed by atoms with van der Waals surface area (Å²) >= 11 is 5.91. The second kappa shape index (κ2) is 6.48. The van der Waals surface area contributed by atoms with Gasteiger partial charge in [-0.05, 0) is 37.0 Å². The van der Waals surface area contributed by atoms with Gasteiger partial charge >= 0.3 is 5.97 Å². The highest BCUT2D eigenvalue weighted by Crippen LogP contribution is 2.41. The molecule has 114 valence electrons. The Balaban J connectivity index is 2.27. The van der Waals surface area contributed by atoms with Gasteiger partial charge in [0.15, 0.2) is 0 Å². The van der Waals surface area contributed by atoms with E-state index in [-0.39, 0.29) is 5.91 Å². The normalized spacial score (nSPS) is 18.2. The third kappa shape index (κ3) is 3.21. The van der Waals surface area contributed by atoms with Gasteiger partial charge in [0, 0.05) is 5.02 Å². The number of aliphatic carboxylic acids is 1. The van der Waals surface area contributed by atoms with Crippen LogP contribution in [0.5, 0.6) is 0 Å². The van der Waals surface area contributed by atoms with E-state index in [9.17, 15) is 9.59 Å². The number of halogens is 1. The number of rotatable bonds is 5. The quantitative estimate of drug-likeness (QED) is 0.878. The van der Waals surface area contributed by atoms with Crippen LogP contribution in [-0.4, -0.2) is 23.0 Å². The molecule has 1 aromatic carbocycles. The second-order valence-corrected chi connectivity index (χ2v) is 6.01. The molecule has 0 bridgehead atoms. The second-order valence-electron chi connectivity index (χ2n) is 5.57. The van der Waals surface area contributed by atoms with Gasteiger partial charge in [0.2, 0.25) is 5.91 Å². The number of carboxylic acids is 1. The van der Waals surface area contributed by atoms with E-state index < -0.39 is 17.4 Å². The molecule has 1 aliphatic rings. The molecule has 21 heavy (non-hydrogen) atoms. The fraction of sp³-hybridized carbons (Fsp3) is 0.500. The van der Waals surface area contributed by atoms with Crippen molar-refractivity contribution < 1.29 is 14.7 Å². The number of nitrogens with one attached hydrogen (secondary N) is 1. The van der Waals surface area contributed by atoms with Crippen LogP contribution in [0.15, 0.2) is 24.3 Å². The number of hydrogen-bond donors (Lipinski definition) is 2. The average molecular weight is 310 g/mol. The molecule has 0 saturated heterocycles. The molecule has 1 unspecified atom stereocenters. The van der Waals surface area contributed by atoms with Crippen LogP contribution < -0.4 is 5.32 Å². The number of carbonyl (C=O) groups excluding carboxylic acids is 1. The first-order valence-electron chi connectivity index (χ1n) is 7.29. The van der Waals surface area contributed by atoms with E-state index in [1.807, 2.05) is 12.1 Å². The molecule has 0 aromatic heterocycles. The number of carbonyl (C=O) groups is 2. The average Bonchev–Trinajstić information content (AvgIpc) is 2.95. The summed E-state index contributed by atoms with van der Waals surface area (Å²) < 4.78 is 0. The van der Waals surface area contributed by atoms with Gasteiger partial charge in [-0.15, -0.1) is 0 Å². The van der Waals surface area contributed by atoms with Crippen LogP contribution in [0.4, 0.5) is 0 Å². The summed E-state index contributed by atoms with van der Waals surface area (Å²) in [5.41, 5.74) is 0.301. The molecule has 0 aliphatic heterocycles. The number of hydrogen-bond acceptors (Lipinski definition) is 2. The molecule has 1 saturated carbocycles. The van der Waals surface area contributed by atoms with Crippen molar-refractivity contribution in [2.75, 3.05) is 0 Å². The summed E-state index contributed by atoms with van der Waals surface area (Å²) in [6.45, 7) is 1.75. The van der Waals surface area contributed by atoms with E-state index in [2.05, 4.69) is 5.32 Å². The summed E-state index contributed by atoms with van der Waals surface area (Å²) in [5.74, 6) is -1.17. The highest BCUT2D eigenvalue weighted by Gasteiger charge is 2.43. The van der Waals surface area contributed by atoms with Crippen LogP contribution in [0.25, 0.3) is 0 Å². The summed E-state index contributed by atoms with van der Waals surface area (Å²) in [4.78, 5) is 23.9. The molecule has 0 heterocycles. The lowest BCUT2D eigenvalue weighted by atomic mass is 9.78. The lowest BCUT2D eigenvalue weighted by molar-refractivity contribution is -0.142. The van der Waals surface area contributed by atoms with Crippen LogP contribution in [-0.2, 0) is 15.0 Å². The maximum absolute atomic E-state index is 12.7. The Hall–Kier alpha value is -1.55. The Morgan fingerprint density at radius 3 is 2.33 bits per heavy atom. The molecule has 4 nitrogen and oxygen atoms in total. The van der Waals surface area contributed by atoms with Crippen LogP contribution in [0.2, 0.25) is 5.02 Å². The van der Waals surface area contributed by atoms with Crippen molar-refractivity contribution in [2.45, 2.75) is 50.5 Å². The van der Waals surface area contributed by atoms with Gasteiger partial charge in [-0.3, -0.25) is 4.79 Å². The van der Waals surface area contributed by atoms with E-state index in [1.165, 1.54) is 0 Å². The third-order valence-electron chi connectivity index (χ3n) is 4.30. The maximum atomic E-state index is 12.7. The largest absolute Gasteiger partial charge is 0.480 e. The molecule has 5 heteroatoms. The van der Waals surface area contributed by atoms with Crippen molar-refractivity contribution in [1.82, 2.24) is 5.32 Å². The van der Waals surface area contributed by atoms with Crippen LogP contribution in [0, 0.1) is 0 Å². The van der Waals surface area contributed by atoms with E-state index in [0.717, 1.165) is 31.2 Å². The molecule has 1 atom stereocenters. The number of amides is 1. The summed E-state index contributed by atoms with van der Waals surface area (Å²) in [6.07, 6.45) is 3.81. The molecular weight excluding hydrogens is 290 g/mol. The molecule has 2 rings (SSSR count). The van der Waals surface area contributed by atoms with Crippen molar-refractivity contribution in [3.05, 3.63) is 34.9 Å². The van der Waals surface area contributed by atoms with Gasteiger partial charge in [-0.2, -0.15) is 0 Å². The van der Waals surface area contributed by atoms with Gasteiger partial charge in [0.25, 0.3) is 0 Å². The van der Waals surface area contributed by atoms with Crippen LogP contribution in [0.3, 0.4) is 0 Å². The zero-order chi connectivity index (χ0) is 15.5. The van der Waals surface area contributed by atoms with Gasteiger partial charge in [0.1, 0.15) is 6.04 Å². The Morgan fingerprint density at radius 1 is 1.29 bits per heavy atom. The van der Waals surface area contributed by atoms with Crippen LogP contribution >= 0.6 is 11.6 Å². The molecule has 1 amide bonds. The Bertz CT molecular complexity index is 521. The highest BCUT2D eigenvalue weighted by molar-refractivity contribution is 6.30. The van der Waals surface area contributed by atoms with E-state index >= 15 is 0 Å². The number of benzene rings is 1. The zero-order valence-corrected chi connectivity index (χ0v) is 12.8. The highest BCUT2D eigenvalue weighted by atomic mass is 35.5. The van der Waals surface area contributed by atoms with Crippen molar-refractivity contribution in [3.8, 4) is 0 Å². The number of carboxylic acid groups (broad SMARTS) is 1. The Kier molecular flexibility index (Phi) is 4.88. The Labute approximate surface area is 129 Å². The summed E-state index contributed by atoms with van der Waals surface area (Å²) in [7, 11) is 0. The minimum atomic E-state index is -0.991. The predicted octanol–water partition coefficient (Wildman–Crippen LogP) is 3.13. The lowest BCUT2D eigenvalue weighted by Gasteiger charge is -2.29. The first-order chi connectivity index (χ1) is 9.99. The molecule has 1 aromatic rings. The fourth-order valence-electron chi connectivity index (χ4n) is 3.03. The first-order valence-corrected chi connectivity index (χ1v) is 7.67. The first kappa shape index (κ1) is 15.8. The van der Waals surface area contributed by atoms with Crippen molar-refractivity contribution >= 4 is 23.5 Å². The third-order valence-corrected chi connectivity index (χ3v) is 4.55. The molecule has 0 spiro atoms. The smallest absolute Gasteiger partial charge is 0.326 e. The maximum Gasteiger partial charge on any atom is 0.326 e. The molecule has 2 N–H and O–H groups in total. The van der Waals surface area contributed by atoms with Gasteiger partial charge < -0.3 is 10.4 Å². The van der Waals surface area contributed by atoms with Gasteiger partial charge in [-0.25, -0.2) is 4.79 Å². The molecule has 1 aliphatic carbocycles. The minimum absolute atomic E-state index is 0.184. The zero-order valence-electron chi connectivity index (χ0n) is 12.1. The van der Waals surface area contributed by atoms with Crippen molar-refractivity contribution in [2.24, 2.45) is 0 Å². The summed E-state index contributed by atoms with van der Waals surface area (Å²) in [6, 6.07) is 6.46. The fourth-order valence-corrected chi connectivity index (χ4v) is 3.16. The van der Waals surface area contributed by atoms with Crippen molar-refractivity contribution in [1.29, 1.82) is 0 Å². The predicted molar refractivity (Wildman–Crippen MR) is 81.5 cm³/mol. The monoisotopic (exact) mass is 309 g/mol. The molecule has 0 radical (unpaired) electrons. The standard InChI is InChI=1S/C16H20ClNO3/c1-2-13(14(19)20)18-15(21)16(9-3-4-10-16)11-5-7-12(17)8-6-11/h5-8,13H,2-4,9-10H2,1H3,(H,18,21)(H,19,20). The molecule has 1 fully saturated rings. The SMILES string of the molecule is CCC(NC(=O)C1(c2ccc(Cl)cc2)CCCC1)C(=O)O. The summed E-state index contributed by atoms with van der Waals surface area (Å²) in [5, 5.41) is 12.4. The van der Waals surface area contributed by atoms with Crippen molar-refractivity contribution in [3.63, 3.8) is 0 Å². The van der Waals surface area contributed by atoms with E-state index in [1.54, 1.807) is 19.1 Å².